The maximum absolute atomic E-state index is 13.4. The van der Waals surface area contributed by atoms with Gasteiger partial charge in [-0.05, 0) is 36.4 Å². The summed E-state index contributed by atoms with van der Waals surface area (Å²) >= 11 is 9.30. The number of hydrogen-bond donors (Lipinski definition) is 1. The molecule has 0 amide bonds. The highest BCUT2D eigenvalue weighted by Crippen LogP contribution is 2.26. The summed E-state index contributed by atoms with van der Waals surface area (Å²) in [5.41, 5.74) is 0.928. The molecule has 0 aliphatic rings. The lowest BCUT2D eigenvalue weighted by Gasteiger charge is -2.09. The summed E-state index contributed by atoms with van der Waals surface area (Å²) in [5.74, 6) is -0.910. The molecule has 2 aromatic rings. The predicted octanol–water partition coefficient (Wildman–Crippen LogP) is 4.99. The van der Waals surface area contributed by atoms with Gasteiger partial charge in [0.1, 0.15) is 11.6 Å². The minimum absolute atomic E-state index is 0.172. The predicted molar refractivity (Wildman–Crippen MR) is 72.8 cm³/mol. The molecule has 0 spiro atoms. The fourth-order valence-electron chi connectivity index (χ4n) is 1.50. The zero-order valence-electron chi connectivity index (χ0n) is 9.18. The highest BCUT2D eigenvalue weighted by atomic mass is 79.9. The van der Waals surface area contributed by atoms with E-state index in [2.05, 4.69) is 21.2 Å². The molecule has 0 unspecified atom stereocenters. The molecule has 0 heterocycles. The van der Waals surface area contributed by atoms with Crippen molar-refractivity contribution in [2.75, 3.05) is 5.32 Å². The van der Waals surface area contributed by atoms with Gasteiger partial charge in [0.25, 0.3) is 0 Å². The number of nitrogens with one attached hydrogen (secondary N) is 1. The zero-order chi connectivity index (χ0) is 13.1. The molecule has 0 radical (unpaired) electrons. The van der Waals surface area contributed by atoms with Crippen molar-refractivity contribution < 1.29 is 8.78 Å². The molecule has 0 atom stereocenters. The Bertz CT molecular complexity index is 575. The van der Waals surface area contributed by atoms with E-state index in [1.807, 2.05) is 6.07 Å². The second-order valence-corrected chi connectivity index (χ2v) is 5.04. The van der Waals surface area contributed by atoms with Crippen LogP contribution in [0.2, 0.25) is 5.02 Å². The Hall–Kier alpha value is -1.13. The van der Waals surface area contributed by atoms with Crippen LogP contribution in [0.15, 0.2) is 40.9 Å². The molecule has 2 rings (SSSR count). The molecule has 5 heteroatoms. The van der Waals surface area contributed by atoms with Crippen molar-refractivity contribution in [3.05, 3.63) is 63.1 Å². The van der Waals surface area contributed by atoms with Crippen LogP contribution >= 0.6 is 27.5 Å². The maximum Gasteiger partial charge on any atom is 0.128 e. The first-order valence-electron chi connectivity index (χ1n) is 5.19. The SMILES string of the molecule is Fc1ccc(F)c(CNc2ccc(Br)cc2Cl)c1. The van der Waals surface area contributed by atoms with Gasteiger partial charge in [-0.25, -0.2) is 8.78 Å². The van der Waals surface area contributed by atoms with Crippen LogP contribution in [0.3, 0.4) is 0 Å². The number of benzene rings is 2. The normalized spacial score (nSPS) is 10.4. The van der Waals surface area contributed by atoms with Crippen LogP contribution in [0.4, 0.5) is 14.5 Å². The van der Waals surface area contributed by atoms with Crippen molar-refractivity contribution in [2.24, 2.45) is 0 Å². The van der Waals surface area contributed by atoms with Gasteiger partial charge in [-0.1, -0.05) is 27.5 Å². The minimum atomic E-state index is -0.463. The molecule has 0 aromatic heterocycles. The number of hydrogen-bond acceptors (Lipinski definition) is 1. The number of anilines is 1. The Labute approximate surface area is 117 Å². The fourth-order valence-corrected chi connectivity index (χ4v) is 2.24. The van der Waals surface area contributed by atoms with Crippen LogP contribution in [-0.4, -0.2) is 0 Å². The number of halogens is 4. The van der Waals surface area contributed by atoms with Crippen LogP contribution in [0.1, 0.15) is 5.56 Å². The van der Waals surface area contributed by atoms with Crippen molar-refractivity contribution in [3.63, 3.8) is 0 Å². The van der Waals surface area contributed by atoms with Crippen LogP contribution in [-0.2, 0) is 6.54 Å². The molecule has 0 saturated heterocycles. The topological polar surface area (TPSA) is 12.0 Å². The van der Waals surface area contributed by atoms with Gasteiger partial charge in [0.15, 0.2) is 0 Å². The van der Waals surface area contributed by atoms with E-state index >= 15 is 0 Å². The van der Waals surface area contributed by atoms with E-state index in [4.69, 9.17) is 11.6 Å². The Balaban J connectivity index is 2.13. The largest absolute Gasteiger partial charge is 0.380 e. The first kappa shape index (κ1) is 13.3. The molecule has 0 bridgehead atoms. The van der Waals surface area contributed by atoms with Crippen molar-refractivity contribution >= 4 is 33.2 Å². The van der Waals surface area contributed by atoms with E-state index in [0.717, 1.165) is 22.7 Å². The van der Waals surface area contributed by atoms with E-state index in [-0.39, 0.29) is 12.1 Å². The van der Waals surface area contributed by atoms with Crippen LogP contribution < -0.4 is 5.32 Å². The third-order valence-electron chi connectivity index (χ3n) is 2.41. The average molecular weight is 333 g/mol. The highest BCUT2D eigenvalue weighted by molar-refractivity contribution is 9.10. The van der Waals surface area contributed by atoms with Crippen molar-refractivity contribution in [3.8, 4) is 0 Å². The van der Waals surface area contributed by atoms with Crippen molar-refractivity contribution in [1.82, 2.24) is 0 Å². The van der Waals surface area contributed by atoms with Crippen LogP contribution in [0, 0.1) is 11.6 Å². The first-order chi connectivity index (χ1) is 8.56. The molecule has 0 fully saturated rings. The Kier molecular flexibility index (Phi) is 4.19. The second-order valence-electron chi connectivity index (χ2n) is 3.71. The Morgan fingerprint density at radius 1 is 1.11 bits per heavy atom. The molecule has 1 nitrogen and oxygen atoms in total. The number of rotatable bonds is 3. The zero-order valence-corrected chi connectivity index (χ0v) is 11.5. The van der Waals surface area contributed by atoms with Gasteiger partial charge in [-0.3, -0.25) is 0 Å². The molecule has 2 aromatic carbocycles. The molecule has 0 aliphatic carbocycles. The molecule has 0 saturated carbocycles. The highest BCUT2D eigenvalue weighted by Gasteiger charge is 2.05. The fraction of sp³-hybridized carbons (Fsp3) is 0.0769. The van der Waals surface area contributed by atoms with E-state index in [1.54, 1.807) is 12.1 Å². The summed E-state index contributed by atoms with van der Waals surface area (Å²) < 4.78 is 27.2. The maximum atomic E-state index is 13.4. The van der Waals surface area contributed by atoms with Crippen LogP contribution in [0.25, 0.3) is 0 Å². The molecular weight excluding hydrogens is 324 g/mol. The van der Waals surface area contributed by atoms with Gasteiger partial charge in [-0.15, -0.1) is 0 Å². The summed E-state index contributed by atoms with van der Waals surface area (Å²) in [6.07, 6.45) is 0. The van der Waals surface area contributed by atoms with E-state index in [0.29, 0.717) is 10.7 Å². The quantitative estimate of drug-likeness (QED) is 0.834. The van der Waals surface area contributed by atoms with Gasteiger partial charge in [0.2, 0.25) is 0 Å². The summed E-state index contributed by atoms with van der Waals surface area (Å²) in [5, 5.41) is 3.48. The molecule has 1 N–H and O–H groups in total. The molecule has 94 valence electrons. The van der Waals surface area contributed by atoms with Gasteiger partial charge >= 0.3 is 0 Å². The first-order valence-corrected chi connectivity index (χ1v) is 6.36. The average Bonchev–Trinajstić information content (AvgIpc) is 2.32. The summed E-state index contributed by atoms with van der Waals surface area (Å²) in [7, 11) is 0. The Morgan fingerprint density at radius 2 is 1.89 bits per heavy atom. The lowest BCUT2D eigenvalue weighted by molar-refractivity contribution is 0.587. The van der Waals surface area contributed by atoms with Gasteiger partial charge in [-0.2, -0.15) is 0 Å². The van der Waals surface area contributed by atoms with E-state index in [9.17, 15) is 8.78 Å². The van der Waals surface area contributed by atoms with Crippen LogP contribution in [0.5, 0.6) is 0 Å². The lowest BCUT2D eigenvalue weighted by atomic mass is 10.2. The molecule has 18 heavy (non-hydrogen) atoms. The van der Waals surface area contributed by atoms with Crippen molar-refractivity contribution in [2.45, 2.75) is 6.54 Å². The summed E-state index contributed by atoms with van der Waals surface area (Å²) in [4.78, 5) is 0. The van der Waals surface area contributed by atoms with E-state index in [1.165, 1.54) is 0 Å². The monoisotopic (exact) mass is 331 g/mol. The van der Waals surface area contributed by atoms with Gasteiger partial charge < -0.3 is 5.32 Å². The third-order valence-corrected chi connectivity index (χ3v) is 3.21. The van der Waals surface area contributed by atoms with E-state index < -0.39 is 11.6 Å². The third kappa shape index (κ3) is 3.21. The molecule has 0 aliphatic heterocycles. The molecular formula is C13H9BrClF2N. The minimum Gasteiger partial charge on any atom is -0.380 e. The Morgan fingerprint density at radius 3 is 2.61 bits per heavy atom. The smallest absolute Gasteiger partial charge is 0.128 e. The summed E-state index contributed by atoms with van der Waals surface area (Å²) in [6, 6.07) is 8.67. The van der Waals surface area contributed by atoms with Gasteiger partial charge in [0, 0.05) is 16.6 Å². The summed E-state index contributed by atoms with van der Waals surface area (Å²) in [6.45, 7) is 0.172. The van der Waals surface area contributed by atoms with Crippen molar-refractivity contribution in [1.29, 1.82) is 0 Å². The van der Waals surface area contributed by atoms with Gasteiger partial charge in [0.05, 0.1) is 10.7 Å². The lowest BCUT2D eigenvalue weighted by Crippen LogP contribution is -2.02. The standard InChI is InChI=1S/C13H9BrClF2N/c14-9-1-4-13(11(15)6-9)18-7-8-5-10(16)2-3-12(8)17/h1-6,18H,7H2. The second kappa shape index (κ2) is 5.67.